The fourth-order valence-electron chi connectivity index (χ4n) is 2.25. The van der Waals surface area contributed by atoms with Gasteiger partial charge in [-0.25, -0.2) is 0 Å². The van der Waals surface area contributed by atoms with Crippen molar-refractivity contribution in [1.82, 2.24) is 10.6 Å². The van der Waals surface area contributed by atoms with Gasteiger partial charge in [0.15, 0.2) is 0 Å². The van der Waals surface area contributed by atoms with Crippen LogP contribution in [0.4, 0.5) is 0 Å². The predicted molar refractivity (Wildman–Crippen MR) is 84.9 cm³/mol. The normalized spacial score (nSPS) is 11.8. The predicted octanol–water partition coefficient (Wildman–Crippen LogP) is 3.12. The van der Waals surface area contributed by atoms with Gasteiger partial charge in [-0.15, -0.1) is 0 Å². The highest BCUT2D eigenvalue weighted by molar-refractivity contribution is 5.28. The van der Waals surface area contributed by atoms with E-state index < -0.39 is 0 Å². The van der Waals surface area contributed by atoms with Gasteiger partial charge in [0.1, 0.15) is 0 Å². The number of unbranched alkanes of at least 4 members (excludes halogenated alkanes) is 1. The van der Waals surface area contributed by atoms with E-state index in [-0.39, 0.29) is 5.41 Å². The van der Waals surface area contributed by atoms with E-state index in [1.807, 2.05) is 7.05 Å². The summed E-state index contributed by atoms with van der Waals surface area (Å²) >= 11 is 0. The van der Waals surface area contributed by atoms with Crippen LogP contribution < -0.4 is 10.6 Å². The van der Waals surface area contributed by atoms with Gasteiger partial charge in [0, 0.05) is 12.0 Å². The first-order valence-electron chi connectivity index (χ1n) is 7.55. The van der Waals surface area contributed by atoms with Crippen molar-refractivity contribution < 1.29 is 0 Å². The van der Waals surface area contributed by atoms with Crippen molar-refractivity contribution in [2.24, 2.45) is 0 Å². The molecule has 0 spiro atoms. The number of aryl methyl sites for hydroxylation is 1. The zero-order valence-corrected chi connectivity index (χ0v) is 13.1. The van der Waals surface area contributed by atoms with Crippen LogP contribution in [0.15, 0.2) is 24.3 Å². The van der Waals surface area contributed by atoms with Crippen LogP contribution in [0.5, 0.6) is 0 Å². The molecule has 1 aromatic rings. The number of nitrogens with one attached hydrogen (secondary N) is 2. The van der Waals surface area contributed by atoms with Crippen molar-refractivity contribution in [3.8, 4) is 0 Å². The third-order valence-electron chi connectivity index (χ3n) is 3.74. The third-order valence-corrected chi connectivity index (χ3v) is 3.74. The zero-order valence-electron chi connectivity index (χ0n) is 13.1. The molecule has 0 saturated carbocycles. The van der Waals surface area contributed by atoms with E-state index in [1.54, 1.807) is 0 Å². The summed E-state index contributed by atoms with van der Waals surface area (Å²) in [6, 6.07) is 9.07. The van der Waals surface area contributed by atoms with Gasteiger partial charge < -0.3 is 10.6 Å². The second kappa shape index (κ2) is 8.34. The van der Waals surface area contributed by atoms with Gasteiger partial charge in [-0.1, -0.05) is 45.0 Å². The molecule has 0 atom stereocenters. The van der Waals surface area contributed by atoms with Gasteiger partial charge in [0.25, 0.3) is 0 Å². The Morgan fingerprint density at radius 2 is 1.63 bits per heavy atom. The molecule has 19 heavy (non-hydrogen) atoms. The molecule has 0 saturated heterocycles. The van der Waals surface area contributed by atoms with Gasteiger partial charge in [-0.3, -0.25) is 0 Å². The van der Waals surface area contributed by atoms with Crippen LogP contribution in [0.25, 0.3) is 0 Å². The highest BCUT2D eigenvalue weighted by Crippen LogP contribution is 2.22. The quantitative estimate of drug-likeness (QED) is 0.668. The maximum atomic E-state index is 3.58. The molecule has 0 fully saturated rings. The van der Waals surface area contributed by atoms with Gasteiger partial charge in [0.2, 0.25) is 0 Å². The number of hydrogen-bond acceptors (Lipinski definition) is 2. The molecular weight excluding hydrogens is 232 g/mol. The third kappa shape index (κ3) is 5.75. The van der Waals surface area contributed by atoms with Gasteiger partial charge in [-0.2, -0.15) is 0 Å². The summed E-state index contributed by atoms with van der Waals surface area (Å²) < 4.78 is 0. The molecule has 0 aliphatic carbocycles. The van der Waals surface area contributed by atoms with Crippen molar-refractivity contribution in [2.45, 2.75) is 45.4 Å². The van der Waals surface area contributed by atoms with Crippen LogP contribution >= 0.6 is 0 Å². The molecule has 0 radical (unpaired) electrons. The lowest BCUT2D eigenvalue weighted by molar-refractivity contribution is 0.462. The lowest BCUT2D eigenvalue weighted by Crippen LogP contribution is -2.33. The van der Waals surface area contributed by atoms with Gasteiger partial charge in [0.05, 0.1) is 0 Å². The molecule has 1 rings (SSSR count). The largest absolute Gasteiger partial charge is 0.320 e. The molecule has 0 aromatic heterocycles. The smallest absolute Gasteiger partial charge is 0.00431 e. The average molecular weight is 262 g/mol. The Kier molecular flexibility index (Phi) is 7.11. The van der Waals surface area contributed by atoms with Gasteiger partial charge >= 0.3 is 0 Å². The minimum atomic E-state index is 0.204. The van der Waals surface area contributed by atoms with Crippen LogP contribution in [0.2, 0.25) is 0 Å². The molecule has 1 aromatic carbocycles. The minimum Gasteiger partial charge on any atom is -0.320 e. The molecule has 2 N–H and O–H groups in total. The average Bonchev–Trinajstić information content (AvgIpc) is 2.43. The molecule has 108 valence electrons. The fourth-order valence-corrected chi connectivity index (χ4v) is 2.25. The van der Waals surface area contributed by atoms with E-state index >= 15 is 0 Å². The summed E-state index contributed by atoms with van der Waals surface area (Å²) in [6.07, 6.45) is 3.60. The summed E-state index contributed by atoms with van der Waals surface area (Å²) in [5.74, 6) is 0. The Hall–Kier alpha value is -0.860. The fraction of sp³-hybridized carbons (Fsp3) is 0.647. The molecule has 2 heteroatoms. The monoisotopic (exact) mass is 262 g/mol. The van der Waals surface area contributed by atoms with Crippen molar-refractivity contribution in [1.29, 1.82) is 0 Å². The number of rotatable bonds is 9. The minimum absolute atomic E-state index is 0.204. The Balaban J connectivity index is 2.37. The molecule has 0 bridgehead atoms. The van der Waals surface area contributed by atoms with Crippen molar-refractivity contribution in [3.05, 3.63) is 35.4 Å². The zero-order chi connectivity index (χ0) is 14.1. The summed E-state index contributed by atoms with van der Waals surface area (Å²) in [6.45, 7) is 10.1. The highest BCUT2D eigenvalue weighted by atomic mass is 14.9. The molecule has 2 nitrogen and oxygen atoms in total. The number of benzene rings is 1. The second-order valence-electron chi connectivity index (χ2n) is 5.92. The molecular formula is C17H30N2. The van der Waals surface area contributed by atoms with Crippen molar-refractivity contribution in [3.63, 3.8) is 0 Å². The summed E-state index contributed by atoms with van der Waals surface area (Å²) in [5, 5.41) is 6.77. The van der Waals surface area contributed by atoms with Crippen LogP contribution in [0.3, 0.4) is 0 Å². The van der Waals surface area contributed by atoms with E-state index in [0.29, 0.717) is 0 Å². The molecule has 0 aliphatic heterocycles. The highest BCUT2D eigenvalue weighted by Gasteiger charge is 2.19. The van der Waals surface area contributed by atoms with Gasteiger partial charge in [-0.05, 0) is 50.5 Å². The molecule has 0 unspecified atom stereocenters. The maximum absolute atomic E-state index is 3.58. The van der Waals surface area contributed by atoms with Crippen molar-refractivity contribution in [2.75, 3.05) is 26.7 Å². The lowest BCUT2D eigenvalue weighted by atomic mass is 9.84. The van der Waals surface area contributed by atoms with E-state index in [1.165, 1.54) is 24.0 Å². The van der Waals surface area contributed by atoms with Crippen LogP contribution in [0.1, 0.15) is 44.7 Å². The molecule has 0 amide bonds. The lowest BCUT2D eigenvalue weighted by Gasteiger charge is -2.26. The van der Waals surface area contributed by atoms with E-state index in [9.17, 15) is 0 Å². The van der Waals surface area contributed by atoms with Crippen LogP contribution in [-0.4, -0.2) is 26.7 Å². The molecule has 0 aliphatic rings. The van der Waals surface area contributed by atoms with E-state index in [0.717, 1.165) is 26.1 Å². The Labute approximate surface area is 119 Å². The molecule has 0 heterocycles. The second-order valence-corrected chi connectivity index (χ2v) is 5.92. The van der Waals surface area contributed by atoms with E-state index in [4.69, 9.17) is 0 Å². The Morgan fingerprint density at radius 3 is 2.21 bits per heavy atom. The first kappa shape index (κ1) is 16.2. The first-order valence-corrected chi connectivity index (χ1v) is 7.55. The Bertz CT molecular complexity index is 341. The topological polar surface area (TPSA) is 24.1 Å². The maximum Gasteiger partial charge on any atom is 0.00431 e. The van der Waals surface area contributed by atoms with Crippen LogP contribution in [-0.2, 0) is 11.8 Å². The summed E-state index contributed by atoms with van der Waals surface area (Å²) in [7, 11) is 2.01. The summed E-state index contributed by atoms with van der Waals surface area (Å²) in [4.78, 5) is 0. The van der Waals surface area contributed by atoms with E-state index in [2.05, 4.69) is 55.7 Å². The first-order chi connectivity index (χ1) is 9.10. The number of hydrogen-bond donors (Lipinski definition) is 2. The van der Waals surface area contributed by atoms with Crippen molar-refractivity contribution >= 4 is 0 Å². The summed E-state index contributed by atoms with van der Waals surface area (Å²) in [5.41, 5.74) is 3.04. The standard InChI is InChI=1S/C17H30N2/c1-5-15-8-10-16(11-9-15)17(2,3)14-19-13-7-6-12-18-4/h8-11,18-19H,5-7,12-14H2,1-4H3. The SMILES string of the molecule is CCc1ccc(C(C)(C)CNCCCCNC)cc1. The Morgan fingerprint density at radius 1 is 1.00 bits per heavy atom. The van der Waals surface area contributed by atoms with Crippen LogP contribution in [0, 0.1) is 0 Å².